The lowest BCUT2D eigenvalue weighted by Crippen LogP contribution is -2.21. The molecule has 0 radical (unpaired) electrons. The summed E-state index contributed by atoms with van der Waals surface area (Å²) in [7, 11) is 0. The molecule has 5 rings (SSSR count). The molecule has 2 aliphatic carbocycles. The van der Waals surface area contributed by atoms with Gasteiger partial charge in [0.1, 0.15) is 11.6 Å². The van der Waals surface area contributed by atoms with Crippen LogP contribution in [0.1, 0.15) is 51.0 Å². The molecule has 1 atom stereocenters. The second-order valence-electron chi connectivity index (χ2n) is 9.14. The molecule has 0 saturated carbocycles. The van der Waals surface area contributed by atoms with E-state index in [1.54, 1.807) is 6.07 Å². The molecular weight excluding hydrogens is 397 g/mol. The van der Waals surface area contributed by atoms with E-state index >= 15 is 0 Å². The summed E-state index contributed by atoms with van der Waals surface area (Å²) in [5, 5.41) is 0.777. The van der Waals surface area contributed by atoms with Gasteiger partial charge in [-0.2, -0.15) is 0 Å². The van der Waals surface area contributed by atoms with Crippen molar-refractivity contribution in [2.45, 2.75) is 52.9 Å². The van der Waals surface area contributed by atoms with Gasteiger partial charge in [0.25, 0.3) is 0 Å². The van der Waals surface area contributed by atoms with Crippen LogP contribution >= 0.6 is 0 Å². The third-order valence-electron chi connectivity index (χ3n) is 6.64. The number of halogens is 1. The first-order valence-electron chi connectivity index (χ1n) is 11.4. The highest BCUT2D eigenvalue weighted by Gasteiger charge is 2.27. The Morgan fingerprint density at radius 3 is 2.81 bits per heavy atom. The number of aryl methyl sites for hydroxylation is 2. The highest BCUT2D eigenvalue weighted by atomic mass is 19.1. The molecule has 1 aromatic heterocycles. The summed E-state index contributed by atoms with van der Waals surface area (Å²) in [5.41, 5.74) is 9.41. The van der Waals surface area contributed by atoms with Gasteiger partial charge < -0.3 is 0 Å². The lowest BCUT2D eigenvalue weighted by atomic mass is 9.84. The molecule has 0 fully saturated rings. The van der Waals surface area contributed by atoms with Gasteiger partial charge in [0.05, 0.1) is 11.2 Å². The summed E-state index contributed by atoms with van der Waals surface area (Å²) >= 11 is 0. The van der Waals surface area contributed by atoms with Crippen LogP contribution in [-0.2, 0) is 6.42 Å². The van der Waals surface area contributed by atoms with E-state index in [0.717, 1.165) is 60.2 Å². The van der Waals surface area contributed by atoms with Crippen molar-refractivity contribution in [1.82, 2.24) is 9.97 Å². The molecule has 1 aromatic carbocycles. The van der Waals surface area contributed by atoms with Crippen LogP contribution in [0.15, 0.2) is 81.6 Å². The van der Waals surface area contributed by atoms with Gasteiger partial charge in [-0.05, 0) is 75.8 Å². The average molecular weight is 426 g/mol. The van der Waals surface area contributed by atoms with Crippen molar-refractivity contribution in [3.8, 4) is 0 Å². The second-order valence-corrected chi connectivity index (χ2v) is 9.14. The Kier molecular flexibility index (Phi) is 5.46. The molecule has 0 bridgehead atoms. The molecule has 1 unspecified atom stereocenters. The van der Waals surface area contributed by atoms with Crippen molar-refractivity contribution >= 4 is 16.6 Å². The molecule has 3 aliphatic rings. The predicted octanol–water partition coefficient (Wildman–Crippen LogP) is 6.91. The standard InChI is InChI=1S/C28H28FN3/c1-17-6-4-9-23-20(14-17)7-5-8-21-15-18(2)25(32-28(21)23)12-13-27-30-19(3)24-16-22(29)10-11-26(24)31-27/h4-7,9-11,16,21H,8,12-15H2,1-3H3. The average Bonchev–Trinajstić information content (AvgIpc) is 3.03. The second kappa shape index (κ2) is 8.42. The maximum absolute atomic E-state index is 13.6. The van der Waals surface area contributed by atoms with Crippen molar-refractivity contribution < 1.29 is 4.39 Å². The van der Waals surface area contributed by atoms with Crippen molar-refractivity contribution in [1.29, 1.82) is 0 Å². The third kappa shape index (κ3) is 4.02. The normalized spacial score (nSPS) is 20.6. The zero-order valence-electron chi connectivity index (χ0n) is 19.0. The van der Waals surface area contributed by atoms with Gasteiger partial charge in [0.2, 0.25) is 0 Å². The van der Waals surface area contributed by atoms with E-state index in [9.17, 15) is 4.39 Å². The summed E-state index contributed by atoms with van der Waals surface area (Å²) in [5.74, 6) is 0.982. The number of aliphatic imine (C=N–C) groups is 1. The van der Waals surface area contributed by atoms with Crippen LogP contribution in [0.3, 0.4) is 0 Å². The quantitative estimate of drug-likeness (QED) is 0.536. The van der Waals surface area contributed by atoms with Crippen LogP contribution in [0.2, 0.25) is 0 Å². The van der Waals surface area contributed by atoms with Crippen molar-refractivity contribution in [2.75, 3.05) is 0 Å². The minimum absolute atomic E-state index is 0.255. The monoisotopic (exact) mass is 425 g/mol. The summed E-state index contributed by atoms with van der Waals surface area (Å²) in [6.07, 6.45) is 15.8. The number of allylic oxidation sites excluding steroid dienone is 10. The molecular formula is C28H28FN3. The minimum atomic E-state index is -0.255. The van der Waals surface area contributed by atoms with Gasteiger partial charge in [-0.15, -0.1) is 0 Å². The van der Waals surface area contributed by atoms with Crippen LogP contribution in [0.5, 0.6) is 0 Å². The maximum atomic E-state index is 13.6. The molecule has 0 saturated heterocycles. The molecule has 0 N–H and O–H groups in total. The summed E-state index contributed by atoms with van der Waals surface area (Å²) in [6, 6.07) is 4.71. The lowest BCUT2D eigenvalue weighted by molar-refractivity contribution is 0.629. The van der Waals surface area contributed by atoms with E-state index in [4.69, 9.17) is 4.99 Å². The molecule has 3 nitrogen and oxygen atoms in total. The number of fused-ring (bicyclic) bond motifs is 3. The number of benzene rings is 1. The lowest BCUT2D eigenvalue weighted by Gasteiger charge is -2.25. The first-order chi connectivity index (χ1) is 15.5. The molecule has 0 spiro atoms. The van der Waals surface area contributed by atoms with Crippen molar-refractivity contribution in [3.63, 3.8) is 0 Å². The number of hydrogen-bond donors (Lipinski definition) is 0. The Bertz CT molecular complexity index is 1290. The van der Waals surface area contributed by atoms with Crippen LogP contribution in [0, 0.1) is 18.7 Å². The number of nitrogens with zero attached hydrogens (tertiary/aromatic N) is 3. The van der Waals surface area contributed by atoms with E-state index in [2.05, 4.69) is 54.2 Å². The predicted molar refractivity (Wildman–Crippen MR) is 129 cm³/mol. The van der Waals surface area contributed by atoms with Gasteiger partial charge in [-0.1, -0.05) is 41.5 Å². The summed E-state index contributed by atoms with van der Waals surface area (Å²) < 4.78 is 13.6. The largest absolute Gasteiger partial charge is 0.257 e. The zero-order chi connectivity index (χ0) is 22.2. The summed E-state index contributed by atoms with van der Waals surface area (Å²) in [4.78, 5) is 14.6. The van der Waals surface area contributed by atoms with Gasteiger partial charge in [-0.25, -0.2) is 14.4 Å². The Hall–Kier alpha value is -3.14. The molecule has 2 aromatic rings. The van der Waals surface area contributed by atoms with Crippen molar-refractivity contribution in [3.05, 3.63) is 93.9 Å². The fraction of sp³-hybridized carbons (Fsp3) is 0.321. The number of rotatable bonds is 3. The smallest absolute Gasteiger partial charge is 0.129 e. The van der Waals surface area contributed by atoms with Crippen LogP contribution < -0.4 is 0 Å². The molecule has 1 aliphatic heterocycles. The van der Waals surface area contributed by atoms with Gasteiger partial charge in [0.15, 0.2) is 0 Å². The Morgan fingerprint density at radius 1 is 1.06 bits per heavy atom. The van der Waals surface area contributed by atoms with Crippen LogP contribution in [0.25, 0.3) is 10.9 Å². The van der Waals surface area contributed by atoms with Crippen LogP contribution in [-0.4, -0.2) is 15.7 Å². The summed E-state index contributed by atoms with van der Waals surface area (Å²) in [6.45, 7) is 6.32. The Balaban J connectivity index is 1.43. The van der Waals surface area contributed by atoms with Gasteiger partial charge >= 0.3 is 0 Å². The number of hydrogen-bond acceptors (Lipinski definition) is 3. The zero-order valence-corrected chi connectivity index (χ0v) is 19.0. The Morgan fingerprint density at radius 2 is 1.94 bits per heavy atom. The van der Waals surface area contributed by atoms with Crippen molar-refractivity contribution in [2.24, 2.45) is 10.9 Å². The first-order valence-corrected chi connectivity index (χ1v) is 11.4. The number of aromatic nitrogens is 2. The minimum Gasteiger partial charge on any atom is -0.257 e. The molecule has 0 amide bonds. The Labute approximate surface area is 188 Å². The van der Waals surface area contributed by atoms with Crippen LogP contribution in [0.4, 0.5) is 4.39 Å². The van der Waals surface area contributed by atoms with E-state index in [1.165, 1.54) is 40.1 Å². The van der Waals surface area contributed by atoms with Gasteiger partial charge in [0, 0.05) is 29.1 Å². The maximum Gasteiger partial charge on any atom is 0.129 e. The van der Waals surface area contributed by atoms with E-state index in [-0.39, 0.29) is 5.82 Å². The molecule has 32 heavy (non-hydrogen) atoms. The van der Waals surface area contributed by atoms with E-state index in [1.807, 2.05) is 6.92 Å². The third-order valence-corrected chi connectivity index (χ3v) is 6.64. The SMILES string of the molecule is CC1=CC=CC2=C(C=CCC3CC(C)=C(CCc4nc(C)c5cc(F)ccc5n4)N=C23)C1. The van der Waals surface area contributed by atoms with Gasteiger partial charge in [-0.3, -0.25) is 4.99 Å². The topological polar surface area (TPSA) is 38.1 Å². The molecule has 4 heteroatoms. The molecule has 162 valence electrons. The van der Waals surface area contributed by atoms with E-state index < -0.39 is 0 Å². The van der Waals surface area contributed by atoms with E-state index in [0.29, 0.717) is 5.92 Å². The molecule has 2 heterocycles. The fourth-order valence-electron chi connectivity index (χ4n) is 4.96. The fourth-order valence-corrected chi connectivity index (χ4v) is 4.96. The highest BCUT2D eigenvalue weighted by molar-refractivity contribution is 6.07. The highest BCUT2D eigenvalue weighted by Crippen LogP contribution is 2.36. The first kappa shape index (κ1) is 20.7.